The molecule has 0 aliphatic heterocycles. The summed E-state index contributed by atoms with van der Waals surface area (Å²) in [5.74, 6) is 0. The first-order valence-electron chi connectivity index (χ1n) is 3.57. The van der Waals surface area contributed by atoms with E-state index in [0.717, 1.165) is 0 Å². The molecule has 0 radical (unpaired) electrons. The van der Waals surface area contributed by atoms with Crippen molar-refractivity contribution >= 4 is 12.4 Å². The van der Waals surface area contributed by atoms with E-state index < -0.39 is 0 Å². The van der Waals surface area contributed by atoms with Gasteiger partial charge >= 0.3 is 0 Å². The zero-order chi connectivity index (χ0) is 6.41. The van der Waals surface area contributed by atoms with Crippen molar-refractivity contribution in [2.45, 2.75) is 27.2 Å². The third-order valence-electron chi connectivity index (χ3n) is 1.43. The normalized spacial score (nSPS) is 9.33. The van der Waals surface area contributed by atoms with Crippen molar-refractivity contribution in [3.63, 3.8) is 0 Å². The number of halogens is 1. The van der Waals surface area contributed by atoms with Crippen LogP contribution in [-0.4, -0.2) is 24.5 Å². The van der Waals surface area contributed by atoms with Crippen LogP contribution in [0.3, 0.4) is 0 Å². The molecule has 0 aliphatic rings. The van der Waals surface area contributed by atoms with Crippen molar-refractivity contribution in [3.05, 3.63) is 0 Å². The van der Waals surface area contributed by atoms with Gasteiger partial charge in [-0.15, -0.1) is 12.4 Å². The summed E-state index contributed by atoms with van der Waals surface area (Å²) in [6.07, 6.45) is 1.28. The monoisotopic (exact) mass is 151 g/mol. The summed E-state index contributed by atoms with van der Waals surface area (Å²) in [4.78, 5) is 2.43. The van der Waals surface area contributed by atoms with E-state index in [9.17, 15) is 0 Å². The second kappa shape index (κ2) is 8.25. The molecule has 0 aromatic carbocycles. The van der Waals surface area contributed by atoms with E-state index in [2.05, 4.69) is 25.7 Å². The van der Waals surface area contributed by atoms with E-state index in [4.69, 9.17) is 0 Å². The van der Waals surface area contributed by atoms with Gasteiger partial charge in [-0.1, -0.05) is 20.8 Å². The lowest BCUT2D eigenvalue weighted by Gasteiger charge is -2.15. The topological polar surface area (TPSA) is 3.24 Å². The van der Waals surface area contributed by atoms with E-state index in [1.807, 2.05) is 0 Å². The molecule has 0 spiro atoms. The van der Waals surface area contributed by atoms with Crippen LogP contribution in [0, 0.1) is 0 Å². The maximum absolute atomic E-state index is 2.43. The minimum atomic E-state index is 0. The molecule has 0 heterocycles. The second-order valence-electron chi connectivity index (χ2n) is 2.03. The molecule has 1 nitrogen and oxygen atoms in total. The fourth-order valence-corrected chi connectivity index (χ4v) is 0.856. The van der Waals surface area contributed by atoms with Crippen LogP contribution in [0.15, 0.2) is 0 Å². The summed E-state index contributed by atoms with van der Waals surface area (Å²) in [5, 5.41) is 0. The molecule has 0 fully saturated rings. The van der Waals surface area contributed by atoms with Crippen molar-refractivity contribution in [1.29, 1.82) is 0 Å². The lowest BCUT2D eigenvalue weighted by Crippen LogP contribution is -2.23. The van der Waals surface area contributed by atoms with E-state index in [1.54, 1.807) is 0 Å². The number of nitrogens with zero attached hydrogens (tertiary/aromatic N) is 1. The molecule has 0 amide bonds. The Morgan fingerprint density at radius 3 is 1.56 bits per heavy atom. The lowest BCUT2D eigenvalue weighted by atomic mass is 10.4. The summed E-state index contributed by atoms with van der Waals surface area (Å²) in [6.45, 7) is 10.3. The molecule has 0 bridgehead atoms. The Bertz CT molecular complexity index is 44.2. The predicted molar refractivity (Wildman–Crippen MR) is 45.3 cm³/mol. The Morgan fingerprint density at radius 1 is 1.00 bits per heavy atom. The third-order valence-corrected chi connectivity index (χ3v) is 1.43. The molecular formula is C7H18ClN. The summed E-state index contributed by atoms with van der Waals surface area (Å²) in [7, 11) is 0. The Labute approximate surface area is 64.8 Å². The standard InChI is InChI=1S/C7H17N.ClH/c1-4-7-8(5-2)6-3;/h4-7H2,1-3H3;1H. The van der Waals surface area contributed by atoms with Gasteiger partial charge in [0.1, 0.15) is 0 Å². The molecule has 0 atom stereocenters. The molecule has 58 valence electrons. The van der Waals surface area contributed by atoms with E-state index >= 15 is 0 Å². The van der Waals surface area contributed by atoms with Crippen LogP contribution >= 0.6 is 12.4 Å². The molecule has 0 saturated carbocycles. The second-order valence-corrected chi connectivity index (χ2v) is 2.03. The number of hydrogen-bond acceptors (Lipinski definition) is 1. The van der Waals surface area contributed by atoms with Gasteiger partial charge in [0.25, 0.3) is 0 Å². The van der Waals surface area contributed by atoms with Crippen LogP contribution in [-0.2, 0) is 0 Å². The van der Waals surface area contributed by atoms with E-state index in [-0.39, 0.29) is 12.4 Å². The Balaban J connectivity index is 0. The molecule has 0 N–H and O–H groups in total. The Morgan fingerprint density at radius 2 is 1.44 bits per heavy atom. The van der Waals surface area contributed by atoms with Crippen LogP contribution in [0.2, 0.25) is 0 Å². The average Bonchev–Trinajstić information content (AvgIpc) is 1.83. The van der Waals surface area contributed by atoms with Gasteiger partial charge in [-0.3, -0.25) is 0 Å². The zero-order valence-electron chi connectivity index (χ0n) is 6.68. The summed E-state index contributed by atoms with van der Waals surface area (Å²) >= 11 is 0. The van der Waals surface area contributed by atoms with Crippen LogP contribution in [0.5, 0.6) is 0 Å². The Kier molecular flexibility index (Phi) is 11.0. The van der Waals surface area contributed by atoms with Crippen molar-refractivity contribution in [2.24, 2.45) is 0 Å². The third kappa shape index (κ3) is 6.13. The minimum Gasteiger partial charge on any atom is -0.304 e. The first-order valence-corrected chi connectivity index (χ1v) is 3.57. The maximum atomic E-state index is 2.43. The van der Waals surface area contributed by atoms with Gasteiger partial charge in [0.2, 0.25) is 0 Å². The van der Waals surface area contributed by atoms with Gasteiger partial charge in [0, 0.05) is 0 Å². The highest BCUT2D eigenvalue weighted by Crippen LogP contribution is 1.87. The number of rotatable bonds is 4. The highest BCUT2D eigenvalue weighted by Gasteiger charge is 1.92. The smallest absolute Gasteiger partial charge is 0.00216 e. The van der Waals surface area contributed by atoms with Gasteiger partial charge in [-0.2, -0.15) is 0 Å². The average molecular weight is 152 g/mol. The van der Waals surface area contributed by atoms with Gasteiger partial charge in [0.05, 0.1) is 0 Å². The van der Waals surface area contributed by atoms with Crippen LogP contribution in [0.25, 0.3) is 0 Å². The molecule has 0 aromatic heterocycles. The molecule has 0 aromatic rings. The molecule has 9 heavy (non-hydrogen) atoms. The van der Waals surface area contributed by atoms with Crippen LogP contribution in [0.4, 0.5) is 0 Å². The predicted octanol–water partition coefficient (Wildman–Crippen LogP) is 2.16. The van der Waals surface area contributed by atoms with Crippen molar-refractivity contribution in [1.82, 2.24) is 4.90 Å². The molecule has 0 aliphatic carbocycles. The van der Waals surface area contributed by atoms with E-state index in [0.29, 0.717) is 0 Å². The minimum absolute atomic E-state index is 0. The van der Waals surface area contributed by atoms with Gasteiger partial charge in [0.15, 0.2) is 0 Å². The van der Waals surface area contributed by atoms with Gasteiger partial charge in [-0.25, -0.2) is 0 Å². The van der Waals surface area contributed by atoms with Crippen molar-refractivity contribution in [2.75, 3.05) is 19.6 Å². The van der Waals surface area contributed by atoms with Crippen molar-refractivity contribution < 1.29 is 0 Å². The Hall–Kier alpha value is 0.250. The van der Waals surface area contributed by atoms with Gasteiger partial charge < -0.3 is 4.90 Å². The summed E-state index contributed by atoms with van der Waals surface area (Å²) in [6, 6.07) is 0. The fraction of sp³-hybridized carbons (Fsp3) is 1.00. The zero-order valence-corrected chi connectivity index (χ0v) is 7.50. The number of hydrogen-bond donors (Lipinski definition) is 0. The largest absolute Gasteiger partial charge is 0.304 e. The first-order chi connectivity index (χ1) is 3.85. The van der Waals surface area contributed by atoms with E-state index in [1.165, 1.54) is 26.1 Å². The van der Waals surface area contributed by atoms with Crippen molar-refractivity contribution in [3.8, 4) is 0 Å². The van der Waals surface area contributed by atoms with Crippen LogP contribution in [0.1, 0.15) is 27.2 Å². The first kappa shape index (κ1) is 12.0. The molecule has 2 heteroatoms. The highest BCUT2D eigenvalue weighted by atomic mass is 35.5. The highest BCUT2D eigenvalue weighted by molar-refractivity contribution is 5.85. The summed E-state index contributed by atoms with van der Waals surface area (Å²) < 4.78 is 0. The molecule has 0 saturated heterocycles. The summed E-state index contributed by atoms with van der Waals surface area (Å²) in [5.41, 5.74) is 0. The van der Waals surface area contributed by atoms with Crippen LogP contribution < -0.4 is 0 Å². The SMILES string of the molecule is CCCN(CC)CC.Cl. The quantitative estimate of drug-likeness (QED) is 0.596. The maximum Gasteiger partial charge on any atom is -0.00216 e. The molecule has 0 rings (SSSR count). The lowest BCUT2D eigenvalue weighted by molar-refractivity contribution is 0.304. The fourth-order valence-electron chi connectivity index (χ4n) is 0.856. The van der Waals surface area contributed by atoms with Gasteiger partial charge in [-0.05, 0) is 26.1 Å². The molecular weight excluding hydrogens is 134 g/mol. The molecule has 0 unspecified atom stereocenters.